The number of pyridine rings is 2. The molecule has 0 amide bonds. The van der Waals surface area contributed by atoms with Crippen LogP contribution in [0.4, 0.5) is 0 Å². The van der Waals surface area contributed by atoms with Crippen LogP contribution >= 0.6 is 0 Å². The first-order valence-electron chi connectivity index (χ1n) is 11.7. The third-order valence-corrected chi connectivity index (χ3v) is 18.8. The average Bonchev–Trinajstić information content (AvgIpc) is 2.65. The number of fused-ring (bicyclic) bond motifs is 3. The summed E-state index contributed by atoms with van der Waals surface area (Å²) >= 11 is 0. The predicted octanol–water partition coefficient (Wildman–Crippen LogP) is 7.94. The number of rotatable bonds is 4. The van der Waals surface area contributed by atoms with Gasteiger partial charge < -0.3 is 0 Å². The Morgan fingerprint density at radius 3 is 1.69 bits per heavy atom. The van der Waals surface area contributed by atoms with Gasteiger partial charge in [0.1, 0.15) is 0 Å². The second kappa shape index (κ2) is 8.11. The van der Waals surface area contributed by atoms with Crippen molar-refractivity contribution >= 4 is 38.0 Å². The standard InChI is InChI=1S/C28H40N2Si2/c1-12-20-17-21-13-14-22(18-31(8,9)27(2,3)4)29-25(21)26-24(20)16-15-23(30-26)19-32(10,11)28(5,6)7/h1,13-17H,18-19H2,2-11H3. The van der Waals surface area contributed by atoms with Crippen molar-refractivity contribution in [1.82, 2.24) is 9.97 Å². The summed E-state index contributed by atoms with van der Waals surface area (Å²) in [4.78, 5) is 10.4. The third-order valence-electron chi connectivity index (χ3n) is 8.21. The van der Waals surface area contributed by atoms with Crippen molar-refractivity contribution in [3.63, 3.8) is 0 Å². The van der Waals surface area contributed by atoms with E-state index in [1.54, 1.807) is 0 Å². The van der Waals surface area contributed by atoms with E-state index in [4.69, 9.17) is 16.4 Å². The van der Waals surface area contributed by atoms with Crippen molar-refractivity contribution in [3.8, 4) is 12.3 Å². The molecule has 0 aliphatic rings. The number of hydrogen-bond acceptors (Lipinski definition) is 2. The Morgan fingerprint density at radius 1 is 0.750 bits per heavy atom. The molecule has 2 aromatic heterocycles. The van der Waals surface area contributed by atoms with E-state index in [2.05, 4.69) is 104 Å². The van der Waals surface area contributed by atoms with Crippen LogP contribution in [-0.2, 0) is 12.1 Å². The van der Waals surface area contributed by atoms with E-state index in [1.165, 1.54) is 5.69 Å². The Balaban J connectivity index is 2.19. The van der Waals surface area contributed by atoms with Crippen molar-refractivity contribution in [2.45, 2.75) is 89.9 Å². The molecule has 0 N–H and O–H groups in total. The second-order valence-electron chi connectivity index (χ2n) is 12.8. The maximum absolute atomic E-state index is 5.88. The van der Waals surface area contributed by atoms with Gasteiger partial charge in [-0.15, -0.1) is 6.42 Å². The molecule has 0 saturated carbocycles. The van der Waals surface area contributed by atoms with Gasteiger partial charge in [0.25, 0.3) is 0 Å². The van der Waals surface area contributed by atoms with Gasteiger partial charge in [0.2, 0.25) is 0 Å². The topological polar surface area (TPSA) is 25.8 Å². The summed E-state index contributed by atoms with van der Waals surface area (Å²) in [7, 11) is -3.00. The van der Waals surface area contributed by atoms with E-state index < -0.39 is 16.1 Å². The monoisotopic (exact) mass is 460 g/mol. The molecule has 3 rings (SSSR count). The van der Waals surface area contributed by atoms with Crippen LogP contribution in [0.15, 0.2) is 30.3 Å². The zero-order chi connectivity index (χ0) is 24.1. The molecule has 3 aromatic rings. The minimum absolute atomic E-state index is 0.320. The molecule has 32 heavy (non-hydrogen) atoms. The maximum Gasteiger partial charge on any atom is 0.0980 e. The molecule has 4 heteroatoms. The van der Waals surface area contributed by atoms with Crippen LogP contribution in [-0.4, -0.2) is 26.1 Å². The van der Waals surface area contributed by atoms with Crippen LogP contribution in [0.2, 0.25) is 36.3 Å². The summed E-state index contributed by atoms with van der Waals surface area (Å²) in [6.07, 6.45) is 5.88. The molecule has 1 aromatic carbocycles. The highest BCUT2D eigenvalue weighted by Crippen LogP contribution is 2.39. The van der Waals surface area contributed by atoms with E-state index in [1.807, 2.05) is 0 Å². The summed E-state index contributed by atoms with van der Waals surface area (Å²) in [5.74, 6) is 2.87. The predicted molar refractivity (Wildman–Crippen MR) is 147 cm³/mol. The molecule has 0 fully saturated rings. The molecule has 0 aliphatic carbocycles. The van der Waals surface area contributed by atoms with Gasteiger partial charge >= 0.3 is 0 Å². The molecule has 0 spiro atoms. The number of benzene rings is 1. The quantitative estimate of drug-likeness (QED) is 0.224. The van der Waals surface area contributed by atoms with E-state index in [-0.39, 0.29) is 0 Å². The highest BCUT2D eigenvalue weighted by Gasteiger charge is 2.36. The van der Waals surface area contributed by atoms with E-state index in [0.717, 1.165) is 45.2 Å². The average molecular weight is 461 g/mol. The lowest BCUT2D eigenvalue weighted by molar-refractivity contribution is 0.712. The molecular formula is C28H40N2Si2. The Morgan fingerprint density at radius 2 is 1.22 bits per heavy atom. The fraction of sp³-hybridized carbons (Fsp3) is 0.500. The van der Waals surface area contributed by atoms with Crippen LogP contribution in [0.25, 0.3) is 21.8 Å². The lowest BCUT2D eigenvalue weighted by atomic mass is 10.0. The van der Waals surface area contributed by atoms with Crippen molar-refractivity contribution in [1.29, 1.82) is 0 Å². The summed E-state index contributed by atoms with van der Waals surface area (Å²) < 4.78 is 0. The van der Waals surface area contributed by atoms with Gasteiger partial charge in [-0.1, -0.05) is 79.7 Å². The molecule has 0 unspecified atom stereocenters. The molecule has 0 atom stereocenters. The van der Waals surface area contributed by atoms with Gasteiger partial charge in [-0.2, -0.15) is 0 Å². The van der Waals surface area contributed by atoms with Gasteiger partial charge in [-0.3, -0.25) is 9.97 Å². The van der Waals surface area contributed by atoms with Crippen LogP contribution < -0.4 is 0 Å². The van der Waals surface area contributed by atoms with Gasteiger partial charge in [0.15, 0.2) is 0 Å². The zero-order valence-corrected chi connectivity index (χ0v) is 23.8. The first kappa shape index (κ1) is 24.7. The molecule has 0 aliphatic heterocycles. The summed E-state index contributed by atoms with van der Waals surface area (Å²) in [5.41, 5.74) is 5.19. The minimum Gasteiger partial charge on any atom is -0.251 e. The summed E-state index contributed by atoms with van der Waals surface area (Å²) in [6, 6.07) is 12.9. The number of hydrogen-bond donors (Lipinski definition) is 0. The molecule has 2 nitrogen and oxygen atoms in total. The Bertz CT molecular complexity index is 1200. The molecule has 0 saturated heterocycles. The van der Waals surface area contributed by atoms with Crippen LogP contribution in [0.1, 0.15) is 58.5 Å². The van der Waals surface area contributed by atoms with Gasteiger partial charge in [-0.05, 0) is 46.4 Å². The van der Waals surface area contributed by atoms with Gasteiger partial charge in [-0.25, -0.2) is 0 Å². The fourth-order valence-corrected chi connectivity index (χ4v) is 6.97. The fourth-order valence-electron chi connectivity index (χ4n) is 3.70. The van der Waals surface area contributed by atoms with Crippen molar-refractivity contribution < 1.29 is 0 Å². The number of aromatic nitrogens is 2. The number of nitrogens with zero attached hydrogens (tertiary/aromatic N) is 2. The van der Waals surface area contributed by atoms with Gasteiger partial charge in [0, 0.05) is 27.7 Å². The zero-order valence-electron chi connectivity index (χ0n) is 21.8. The van der Waals surface area contributed by atoms with Crippen molar-refractivity contribution in [3.05, 3.63) is 47.3 Å². The second-order valence-corrected chi connectivity index (χ2v) is 24.0. The lowest BCUT2D eigenvalue weighted by Crippen LogP contribution is -2.40. The van der Waals surface area contributed by atoms with E-state index in [9.17, 15) is 0 Å². The SMILES string of the molecule is C#Cc1cc2ccc(C[Si](C)(C)C(C)(C)C)nc2c2nc(C[Si](C)(C)C(C)(C)C)ccc12. The first-order chi connectivity index (χ1) is 14.6. The molecule has 0 bridgehead atoms. The van der Waals surface area contributed by atoms with Crippen molar-refractivity contribution in [2.24, 2.45) is 0 Å². The van der Waals surface area contributed by atoms with Crippen LogP contribution in [0, 0.1) is 12.3 Å². The van der Waals surface area contributed by atoms with Crippen LogP contribution in [0.3, 0.4) is 0 Å². The maximum atomic E-state index is 5.88. The van der Waals surface area contributed by atoms with E-state index in [0.29, 0.717) is 10.1 Å². The Hall–Kier alpha value is -1.97. The van der Waals surface area contributed by atoms with Gasteiger partial charge in [0.05, 0.1) is 27.2 Å². The Labute approximate surface area is 197 Å². The largest absolute Gasteiger partial charge is 0.251 e. The first-order valence-corrected chi connectivity index (χ1v) is 18.2. The summed E-state index contributed by atoms with van der Waals surface area (Å²) in [5, 5.41) is 2.77. The smallest absolute Gasteiger partial charge is 0.0980 e. The molecule has 0 radical (unpaired) electrons. The third kappa shape index (κ3) is 4.70. The minimum atomic E-state index is -1.50. The van der Waals surface area contributed by atoms with Crippen molar-refractivity contribution in [2.75, 3.05) is 0 Å². The normalized spacial score (nSPS) is 13.5. The van der Waals surface area contributed by atoms with Crippen LogP contribution in [0.5, 0.6) is 0 Å². The number of terminal acetylenes is 1. The molecular weight excluding hydrogens is 420 g/mol. The summed E-state index contributed by atoms with van der Waals surface area (Å²) in [6.45, 7) is 24.0. The lowest BCUT2D eigenvalue weighted by Gasteiger charge is -2.37. The highest BCUT2D eigenvalue weighted by atomic mass is 28.3. The Kier molecular flexibility index (Phi) is 6.25. The molecule has 2 heterocycles. The van der Waals surface area contributed by atoms with E-state index >= 15 is 0 Å². The molecule has 170 valence electrons. The highest BCUT2D eigenvalue weighted by molar-refractivity contribution is 6.80.